The highest BCUT2D eigenvalue weighted by atomic mass is 79.9. The van der Waals surface area contributed by atoms with Crippen LogP contribution in [0.25, 0.3) is 16.9 Å². The minimum absolute atomic E-state index is 0.246. The molecular formula is C10H6BrClN6. The zero-order valence-electron chi connectivity index (χ0n) is 8.88. The van der Waals surface area contributed by atoms with Gasteiger partial charge in [0.1, 0.15) is 5.82 Å². The van der Waals surface area contributed by atoms with Crippen molar-refractivity contribution >= 4 is 44.3 Å². The van der Waals surface area contributed by atoms with Gasteiger partial charge in [0.15, 0.2) is 5.15 Å². The lowest BCUT2D eigenvalue weighted by atomic mass is 10.3. The number of hydrogen-bond acceptors (Lipinski definition) is 5. The predicted octanol–water partition coefficient (Wildman–Crippen LogP) is 2.21. The number of aromatic nitrogens is 5. The SMILES string of the molecule is Nc1nc(-n2ncc3cnccc32)nc(Cl)c1Br. The Hall–Kier alpha value is -1.73. The predicted molar refractivity (Wildman–Crippen MR) is 71.6 cm³/mol. The third kappa shape index (κ3) is 1.72. The summed E-state index contributed by atoms with van der Waals surface area (Å²) in [5.41, 5.74) is 6.57. The summed E-state index contributed by atoms with van der Waals surface area (Å²) in [6.07, 6.45) is 5.06. The lowest BCUT2D eigenvalue weighted by molar-refractivity contribution is 0.833. The summed E-state index contributed by atoms with van der Waals surface area (Å²) in [6, 6.07) is 1.82. The molecule has 90 valence electrons. The number of anilines is 1. The van der Waals surface area contributed by atoms with Crippen LogP contribution in [0.4, 0.5) is 5.82 Å². The molecule has 0 saturated carbocycles. The van der Waals surface area contributed by atoms with Crippen molar-refractivity contribution in [1.82, 2.24) is 24.7 Å². The topological polar surface area (TPSA) is 82.5 Å². The molecule has 6 nitrogen and oxygen atoms in total. The third-order valence-electron chi connectivity index (χ3n) is 2.38. The third-order valence-corrected chi connectivity index (χ3v) is 3.67. The number of rotatable bonds is 1. The van der Waals surface area contributed by atoms with Crippen molar-refractivity contribution in [3.63, 3.8) is 0 Å². The van der Waals surface area contributed by atoms with Crippen molar-refractivity contribution in [2.24, 2.45) is 0 Å². The van der Waals surface area contributed by atoms with Gasteiger partial charge in [0.05, 0.1) is 16.2 Å². The van der Waals surface area contributed by atoms with Gasteiger partial charge in [-0.25, -0.2) is 0 Å². The lowest BCUT2D eigenvalue weighted by Crippen LogP contribution is -2.06. The fraction of sp³-hybridized carbons (Fsp3) is 0. The summed E-state index contributed by atoms with van der Waals surface area (Å²) in [7, 11) is 0. The van der Waals surface area contributed by atoms with Gasteiger partial charge in [-0.3, -0.25) is 4.98 Å². The normalized spacial score (nSPS) is 11.0. The maximum Gasteiger partial charge on any atom is 0.254 e. The summed E-state index contributed by atoms with van der Waals surface area (Å²) >= 11 is 9.16. The van der Waals surface area contributed by atoms with Crippen LogP contribution in [0.2, 0.25) is 5.15 Å². The van der Waals surface area contributed by atoms with E-state index in [-0.39, 0.29) is 11.0 Å². The second-order valence-corrected chi connectivity index (χ2v) is 4.66. The maximum atomic E-state index is 5.96. The fourth-order valence-electron chi connectivity index (χ4n) is 1.55. The molecule has 3 rings (SSSR count). The number of fused-ring (bicyclic) bond motifs is 1. The van der Waals surface area contributed by atoms with Crippen molar-refractivity contribution < 1.29 is 0 Å². The molecule has 3 aromatic heterocycles. The Balaban J connectivity index is 2.26. The molecule has 0 spiro atoms. The lowest BCUT2D eigenvalue weighted by Gasteiger charge is -2.05. The first kappa shape index (κ1) is 11.4. The molecule has 0 aliphatic rings. The van der Waals surface area contributed by atoms with E-state index in [1.165, 1.54) is 0 Å². The number of halogens is 2. The molecule has 0 aromatic carbocycles. The van der Waals surface area contributed by atoms with E-state index in [0.717, 1.165) is 10.9 Å². The maximum absolute atomic E-state index is 5.96. The Kier molecular flexibility index (Phi) is 2.64. The molecule has 3 heterocycles. The van der Waals surface area contributed by atoms with Crippen molar-refractivity contribution in [2.75, 3.05) is 5.73 Å². The molecule has 18 heavy (non-hydrogen) atoms. The molecule has 0 radical (unpaired) electrons. The Morgan fingerprint density at radius 3 is 2.89 bits per heavy atom. The van der Waals surface area contributed by atoms with Crippen LogP contribution in [0.15, 0.2) is 29.1 Å². The second kappa shape index (κ2) is 4.18. The van der Waals surface area contributed by atoms with Crippen LogP contribution >= 0.6 is 27.5 Å². The van der Waals surface area contributed by atoms with E-state index >= 15 is 0 Å². The van der Waals surface area contributed by atoms with Crippen LogP contribution < -0.4 is 5.73 Å². The summed E-state index contributed by atoms with van der Waals surface area (Å²) < 4.78 is 2.04. The Bertz CT molecular complexity index is 717. The van der Waals surface area contributed by atoms with E-state index in [0.29, 0.717) is 10.4 Å². The Morgan fingerprint density at radius 2 is 2.11 bits per heavy atom. The van der Waals surface area contributed by atoms with Crippen molar-refractivity contribution in [3.8, 4) is 5.95 Å². The highest BCUT2D eigenvalue weighted by Crippen LogP contribution is 2.26. The van der Waals surface area contributed by atoms with Gasteiger partial charge < -0.3 is 5.73 Å². The number of nitrogen functional groups attached to an aromatic ring is 1. The van der Waals surface area contributed by atoms with Crippen LogP contribution in [-0.4, -0.2) is 24.7 Å². The highest BCUT2D eigenvalue weighted by molar-refractivity contribution is 9.10. The molecule has 0 aliphatic carbocycles. The van der Waals surface area contributed by atoms with E-state index in [1.807, 2.05) is 6.07 Å². The standard InChI is InChI=1S/C10H6BrClN6/c11-7-8(12)16-10(17-9(7)13)18-6-1-2-14-3-5(6)4-15-18/h1-4H,(H2,13,16,17). The summed E-state index contributed by atoms with van der Waals surface area (Å²) in [6.45, 7) is 0. The molecule has 0 aliphatic heterocycles. The number of nitrogens with two attached hydrogens (primary N) is 1. The molecule has 8 heteroatoms. The minimum atomic E-state index is 0.246. The number of nitrogens with zero attached hydrogens (tertiary/aromatic N) is 5. The first-order chi connectivity index (χ1) is 8.66. The molecule has 3 aromatic rings. The number of pyridine rings is 1. The van der Waals surface area contributed by atoms with Gasteiger partial charge in [-0.2, -0.15) is 19.7 Å². The molecule has 0 amide bonds. The van der Waals surface area contributed by atoms with Crippen molar-refractivity contribution in [1.29, 1.82) is 0 Å². The average molecular weight is 326 g/mol. The van der Waals surface area contributed by atoms with Crippen LogP contribution in [-0.2, 0) is 0 Å². The first-order valence-electron chi connectivity index (χ1n) is 4.93. The van der Waals surface area contributed by atoms with Gasteiger partial charge >= 0.3 is 0 Å². The van der Waals surface area contributed by atoms with Crippen LogP contribution in [0.5, 0.6) is 0 Å². The summed E-state index contributed by atoms with van der Waals surface area (Å²) in [5.74, 6) is 0.588. The quantitative estimate of drug-likeness (QED) is 0.694. The monoisotopic (exact) mass is 324 g/mol. The second-order valence-electron chi connectivity index (χ2n) is 3.50. The Morgan fingerprint density at radius 1 is 1.28 bits per heavy atom. The van der Waals surface area contributed by atoms with Gasteiger partial charge in [0.2, 0.25) is 0 Å². The Labute approximate surface area is 115 Å². The number of hydrogen-bond donors (Lipinski definition) is 1. The van der Waals surface area contributed by atoms with Crippen molar-refractivity contribution in [2.45, 2.75) is 0 Å². The van der Waals surface area contributed by atoms with Gasteiger partial charge in [-0.15, -0.1) is 0 Å². The molecule has 0 bridgehead atoms. The zero-order chi connectivity index (χ0) is 12.7. The minimum Gasteiger partial charge on any atom is -0.383 e. The van der Waals surface area contributed by atoms with Crippen molar-refractivity contribution in [3.05, 3.63) is 34.3 Å². The highest BCUT2D eigenvalue weighted by Gasteiger charge is 2.12. The molecule has 0 atom stereocenters. The van der Waals surface area contributed by atoms with E-state index < -0.39 is 0 Å². The molecule has 0 unspecified atom stereocenters. The van der Waals surface area contributed by atoms with E-state index in [1.54, 1.807) is 23.3 Å². The summed E-state index contributed by atoms with van der Waals surface area (Å²) in [4.78, 5) is 12.3. The van der Waals surface area contributed by atoms with E-state index in [9.17, 15) is 0 Å². The fourth-order valence-corrected chi connectivity index (χ4v) is 1.90. The largest absolute Gasteiger partial charge is 0.383 e. The van der Waals surface area contributed by atoms with Gasteiger partial charge in [-0.1, -0.05) is 11.6 Å². The van der Waals surface area contributed by atoms with Crippen LogP contribution in [0, 0.1) is 0 Å². The molecular weight excluding hydrogens is 320 g/mol. The van der Waals surface area contributed by atoms with Gasteiger partial charge in [0, 0.05) is 17.8 Å². The summed E-state index contributed by atoms with van der Waals surface area (Å²) in [5, 5.41) is 5.33. The van der Waals surface area contributed by atoms with Gasteiger partial charge in [0.25, 0.3) is 5.95 Å². The van der Waals surface area contributed by atoms with E-state index in [4.69, 9.17) is 17.3 Å². The smallest absolute Gasteiger partial charge is 0.254 e. The van der Waals surface area contributed by atoms with Crippen LogP contribution in [0.3, 0.4) is 0 Å². The average Bonchev–Trinajstić information content (AvgIpc) is 2.79. The zero-order valence-corrected chi connectivity index (χ0v) is 11.2. The molecule has 0 saturated heterocycles. The first-order valence-corrected chi connectivity index (χ1v) is 6.10. The van der Waals surface area contributed by atoms with E-state index in [2.05, 4.69) is 36.0 Å². The molecule has 2 N–H and O–H groups in total. The van der Waals surface area contributed by atoms with Gasteiger partial charge in [-0.05, 0) is 22.0 Å². The molecule has 0 fully saturated rings. The van der Waals surface area contributed by atoms with Crippen LogP contribution in [0.1, 0.15) is 0 Å².